The first-order valence-corrected chi connectivity index (χ1v) is 6.47. The molecular weight excluding hydrogens is 283 g/mol. The zero-order valence-electron chi connectivity index (χ0n) is 10.4. The summed E-state index contributed by atoms with van der Waals surface area (Å²) in [5.74, 6) is 0. The molecule has 9 heteroatoms. The van der Waals surface area contributed by atoms with Crippen molar-refractivity contribution in [1.82, 2.24) is 10.2 Å². The molecule has 0 radical (unpaired) electrons. The van der Waals surface area contributed by atoms with Gasteiger partial charge >= 0.3 is 6.18 Å². The SMILES string of the molecule is CC1(C)CN(c2nnc(C(F)(F)F)s2)CC(CO)O1. The number of hydrogen-bond acceptors (Lipinski definition) is 6. The van der Waals surface area contributed by atoms with Gasteiger partial charge in [-0.05, 0) is 13.8 Å². The van der Waals surface area contributed by atoms with Gasteiger partial charge in [-0.3, -0.25) is 0 Å². The number of aliphatic hydroxyl groups is 1. The molecule has 0 amide bonds. The Balaban J connectivity index is 2.19. The van der Waals surface area contributed by atoms with E-state index in [-0.39, 0.29) is 11.7 Å². The van der Waals surface area contributed by atoms with Crippen molar-refractivity contribution in [2.75, 3.05) is 24.6 Å². The van der Waals surface area contributed by atoms with Gasteiger partial charge in [0.1, 0.15) is 0 Å². The van der Waals surface area contributed by atoms with Crippen molar-refractivity contribution in [3.8, 4) is 0 Å². The van der Waals surface area contributed by atoms with Crippen LogP contribution in [0.2, 0.25) is 0 Å². The van der Waals surface area contributed by atoms with Crippen molar-refractivity contribution in [3.05, 3.63) is 5.01 Å². The van der Waals surface area contributed by atoms with Gasteiger partial charge in [0.2, 0.25) is 10.1 Å². The maximum absolute atomic E-state index is 12.5. The number of nitrogens with zero attached hydrogens (tertiary/aromatic N) is 3. The summed E-state index contributed by atoms with van der Waals surface area (Å²) in [6, 6.07) is 0. The van der Waals surface area contributed by atoms with E-state index in [9.17, 15) is 13.2 Å². The zero-order chi connectivity index (χ0) is 14.3. The second-order valence-corrected chi connectivity index (χ2v) is 5.91. The summed E-state index contributed by atoms with van der Waals surface area (Å²) in [7, 11) is 0. The van der Waals surface area contributed by atoms with Gasteiger partial charge in [-0.15, -0.1) is 10.2 Å². The Morgan fingerprint density at radius 1 is 1.47 bits per heavy atom. The number of aliphatic hydroxyl groups excluding tert-OH is 1. The third-order valence-corrected chi connectivity index (χ3v) is 3.64. The van der Waals surface area contributed by atoms with E-state index in [0.717, 1.165) is 0 Å². The van der Waals surface area contributed by atoms with E-state index in [1.807, 2.05) is 13.8 Å². The van der Waals surface area contributed by atoms with Gasteiger partial charge in [0, 0.05) is 13.1 Å². The number of ether oxygens (including phenoxy) is 1. The molecule has 1 aromatic heterocycles. The van der Waals surface area contributed by atoms with Gasteiger partial charge in [-0.1, -0.05) is 11.3 Å². The monoisotopic (exact) mass is 297 g/mol. The number of halogens is 3. The molecule has 2 rings (SSSR count). The minimum absolute atomic E-state index is 0.190. The lowest BCUT2D eigenvalue weighted by Crippen LogP contribution is -2.54. The molecule has 1 unspecified atom stereocenters. The Labute approximate surface area is 112 Å². The van der Waals surface area contributed by atoms with Crippen LogP contribution in [-0.4, -0.2) is 46.7 Å². The standard InChI is InChI=1S/C10H14F3N3O2S/c1-9(2)5-16(3-6(4-17)18-9)8-15-14-7(19-8)10(11,12)13/h6,17H,3-5H2,1-2H3. The Morgan fingerprint density at radius 3 is 2.68 bits per heavy atom. The molecule has 0 bridgehead atoms. The number of morpholine rings is 1. The van der Waals surface area contributed by atoms with Crippen LogP contribution >= 0.6 is 11.3 Å². The summed E-state index contributed by atoms with van der Waals surface area (Å²) >= 11 is 0.501. The lowest BCUT2D eigenvalue weighted by molar-refractivity contribution is -0.138. The highest BCUT2D eigenvalue weighted by Gasteiger charge is 2.38. The van der Waals surface area contributed by atoms with Crippen LogP contribution in [0.4, 0.5) is 18.3 Å². The van der Waals surface area contributed by atoms with E-state index in [0.29, 0.717) is 24.4 Å². The minimum Gasteiger partial charge on any atom is -0.394 e. The van der Waals surface area contributed by atoms with E-state index >= 15 is 0 Å². The minimum atomic E-state index is -4.48. The van der Waals surface area contributed by atoms with Crippen molar-refractivity contribution >= 4 is 16.5 Å². The van der Waals surface area contributed by atoms with Crippen LogP contribution in [-0.2, 0) is 10.9 Å². The molecule has 2 heterocycles. The third-order valence-electron chi connectivity index (χ3n) is 2.61. The fourth-order valence-corrected chi connectivity index (χ4v) is 2.71. The van der Waals surface area contributed by atoms with Gasteiger partial charge in [0.15, 0.2) is 0 Å². The molecule has 1 atom stereocenters. The number of anilines is 1. The lowest BCUT2D eigenvalue weighted by Gasteiger charge is -2.41. The van der Waals surface area contributed by atoms with Crippen LogP contribution < -0.4 is 4.90 Å². The number of rotatable bonds is 2. The molecule has 108 valence electrons. The highest BCUT2D eigenvalue weighted by atomic mass is 32.1. The molecule has 1 saturated heterocycles. The number of hydrogen-bond donors (Lipinski definition) is 1. The normalized spacial score (nSPS) is 23.7. The zero-order valence-corrected chi connectivity index (χ0v) is 11.3. The average molecular weight is 297 g/mol. The largest absolute Gasteiger partial charge is 0.445 e. The predicted molar refractivity (Wildman–Crippen MR) is 63.2 cm³/mol. The summed E-state index contributed by atoms with van der Waals surface area (Å²) < 4.78 is 43.1. The fourth-order valence-electron chi connectivity index (χ4n) is 1.99. The Morgan fingerprint density at radius 2 is 2.16 bits per heavy atom. The van der Waals surface area contributed by atoms with Gasteiger partial charge in [-0.25, -0.2) is 0 Å². The summed E-state index contributed by atoms with van der Waals surface area (Å²) in [6.07, 6.45) is -4.92. The smallest absolute Gasteiger partial charge is 0.394 e. The highest BCUT2D eigenvalue weighted by molar-refractivity contribution is 7.15. The molecule has 1 N–H and O–H groups in total. The molecule has 1 aliphatic rings. The summed E-state index contributed by atoms with van der Waals surface area (Å²) in [4.78, 5) is 1.66. The summed E-state index contributed by atoms with van der Waals surface area (Å²) in [5.41, 5.74) is -0.560. The van der Waals surface area contributed by atoms with Gasteiger partial charge in [-0.2, -0.15) is 13.2 Å². The van der Waals surface area contributed by atoms with Gasteiger partial charge < -0.3 is 14.7 Å². The van der Waals surface area contributed by atoms with Crippen LogP contribution in [0, 0.1) is 0 Å². The van der Waals surface area contributed by atoms with Crippen molar-refractivity contribution in [3.63, 3.8) is 0 Å². The Hall–Kier alpha value is -0.930. The number of aromatic nitrogens is 2. The average Bonchev–Trinajstić information content (AvgIpc) is 2.75. The molecular formula is C10H14F3N3O2S. The molecule has 1 aromatic rings. The van der Waals surface area contributed by atoms with Crippen LogP contribution in [0.15, 0.2) is 0 Å². The first-order valence-electron chi connectivity index (χ1n) is 5.65. The van der Waals surface area contributed by atoms with Crippen molar-refractivity contribution in [2.24, 2.45) is 0 Å². The maximum atomic E-state index is 12.5. The van der Waals surface area contributed by atoms with E-state index in [2.05, 4.69) is 10.2 Å². The Bertz CT molecular complexity index is 449. The van der Waals surface area contributed by atoms with Crippen LogP contribution in [0.25, 0.3) is 0 Å². The number of alkyl halides is 3. The molecule has 0 saturated carbocycles. The topological polar surface area (TPSA) is 58.5 Å². The first kappa shape index (κ1) is 14.5. The lowest BCUT2D eigenvalue weighted by atomic mass is 10.1. The maximum Gasteiger partial charge on any atom is 0.445 e. The van der Waals surface area contributed by atoms with Crippen molar-refractivity contribution in [2.45, 2.75) is 31.7 Å². The van der Waals surface area contributed by atoms with Gasteiger partial charge in [0.25, 0.3) is 0 Å². The van der Waals surface area contributed by atoms with Crippen LogP contribution in [0.1, 0.15) is 18.9 Å². The molecule has 19 heavy (non-hydrogen) atoms. The second kappa shape index (κ2) is 4.88. The predicted octanol–water partition coefficient (Wildman–Crippen LogP) is 1.53. The fraction of sp³-hybridized carbons (Fsp3) is 0.800. The van der Waals surface area contributed by atoms with Crippen molar-refractivity contribution < 1.29 is 23.0 Å². The van der Waals surface area contributed by atoms with E-state index in [1.165, 1.54) is 0 Å². The van der Waals surface area contributed by atoms with E-state index < -0.39 is 22.9 Å². The third kappa shape index (κ3) is 3.34. The quantitative estimate of drug-likeness (QED) is 0.897. The van der Waals surface area contributed by atoms with Crippen molar-refractivity contribution in [1.29, 1.82) is 0 Å². The second-order valence-electron chi connectivity index (χ2n) is 4.95. The van der Waals surface area contributed by atoms with Crippen LogP contribution in [0.5, 0.6) is 0 Å². The molecule has 5 nitrogen and oxygen atoms in total. The Kier molecular flexibility index (Phi) is 3.72. The summed E-state index contributed by atoms with van der Waals surface area (Å²) in [5, 5.41) is 15.1. The first-order chi connectivity index (χ1) is 8.71. The van der Waals surface area contributed by atoms with E-state index in [1.54, 1.807) is 4.90 Å². The summed E-state index contributed by atoms with van der Waals surface area (Å²) in [6.45, 7) is 4.13. The van der Waals surface area contributed by atoms with Crippen LogP contribution in [0.3, 0.4) is 0 Å². The molecule has 1 aliphatic heterocycles. The van der Waals surface area contributed by atoms with E-state index in [4.69, 9.17) is 9.84 Å². The molecule has 1 fully saturated rings. The molecule has 0 aromatic carbocycles. The van der Waals surface area contributed by atoms with Gasteiger partial charge in [0.05, 0.1) is 18.3 Å². The highest BCUT2D eigenvalue weighted by Crippen LogP contribution is 2.35. The molecule has 0 aliphatic carbocycles. The molecule has 0 spiro atoms.